The van der Waals surface area contributed by atoms with Crippen LogP contribution < -0.4 is 0 Å². The Labute approximate surface area is 72.9 Å². The molecule has 0 radical (unpaired) electrons. The van der Waals surface area contributed by atoms with E-state index in [-0.39, 0.29) is 0 Å². The largest absolute Gasteiger partial charge is 0.115 e. The lowest BCUT2D eigenvalue weighted by Crippen LogP contribution is -1.97. The topological polar surface area (TPSA) is 0 Å². The quantitative estimate of drug-likeness (QED) is 0.504. The molecule has 0 aromatic heterocycles. The minimum atomic E-state index is 1.05. The average Bonchev–Trinajstić information content (AvgIpc) is 2.17. The second kappa shape index (κ2) is 2.87. The van der Waals surface area contributed by atoms with Gasteiger partial charge >= 0.3 is 0 Å². The summed E-state index contributed by atoms with van der Waals surface area (Å²) in [6.45, 7) is 0. The summed E-state index contributed by atoms with van der Waals surface area (Å²) in [5.41, 5.74) is 3.68. The second-order valence-electron chi connectivity index (χ2n) is 2.96. The van der Waals surface area contributed by atoms with Gasteiger partial charge in [-0.1, -0.05) is 36.3 Å². The van der Waals surface area contributed by atoms with Gasteiger partial charge in [0.05, 0.1) is 0 Å². The van der Waals surface area contributed by atoms with Crippen LogP contribution in [0, 0.1) is 12.3 Å². The Morgan fingerprint density at radius 1 is 1.25 bits per heavy atom. The molecule has 2 rings (SSSR count). The Kier molecular flexibility index (Phi) is 1.72. The van der Waals surface area contributed by atoms with Gasteiger partial charge in [0, 0.05) is 5.57 Å². The van der Waals surface area contributed by atoms with E-state index < -0.39 is 0 Å². The number of fused-ring (bicyclic) bond motifs is 1. The summed E-state index contributed by atoms with van der Waals surface area (Å²) in [5.74, 6) is 2.72. The molecule has 0 amide bonds. The zero-order chi connectivity index (χ0) is 8.39. The van der Waals surface area contributed by atoms with E-state index in [4.69, 9.17) is 6.42 Å². The molecule has 0 nitrogen and oxygen atoms in total. The maximum absolute atomic E-state index is 5.40. The van der Waals surface area contributed by atoms with E-state index in [1.165, 1.54) is 11.1 Å². The Morgan fingerprint density at radius 2 is 2.08 bits per heavy atom. The molecule has 0 saturated heterocycles. The molecule has 12 heavy (non-hydrogen) atoms. The summed E-state index contributed by atoms with van der Waals surface area (Å²) in [4.78, 5) is 0. The van der Waals surface area contributed by atoms with Crippen LogP contribution in [0.2, 0.25) is 0 Å². The first-order valence-corrected chi connectivity index (χ1v) is 4.17. The van der Waals surface area contributed by atoms with E-state index >= 15 is 0 Å². The smallest absolute Gasteiger partial charge is 0.0278 e. The van der Waals surface area contributed by atoms with Crippen LogP contribution in [0.25, 0.3) is 5.57 Å². The highest BCUT2D eigenvalue weighted by atomic mass is 14.1. The van der Waals surface area contributed by atoms with Crippen LogP contribution in [0.4, 0.5) is 0 Å². The third-order valence-corrected chi connectivity index (χ3v) is 2.23. The standard InChI is InChI=1S/C12H10/c1-2-10-7-5-8-11-6-3-4-9-12(10)11/h1,3-4,6-7,9H,5,8H2. The molecule has 0 bridgehead atoms. The molecule has 0 atom stereocenters. The van der Waals surface area contributed by atoms with Gasteiger partial charge in [0.25, 0.3) is 0 Å². The van der Waals surface area contributed by atoms with Crippen LogP contribution in [0.3, 0.4) is 0 Å². The fourth-order valence-electron chi connectivity index (χ4n) is 1.62. The van der Waals surface area contributed by atoms with Crippen LogP contribution >= 0.6 is 0 Å². The molecule has 1 aromatic carbocycles. The average molecular weight is 154 g/mol. The Hall–Kier alpha value is -1.48. The predicted molar refractivity (Wildman–Crippen MR) is 51.6 cm³/mol. The van der Waals surface area contributed by atoms with Crippen LogP contribution in [-0.2, 0) is 6.42 Å². The SMILES string of the molecule is C#CC1=CCCc2ccccc21. The van der Waals surface area contributed by atoms with Crippen molar-refractivity contribution in [3.8, 4) is 12.3 Å². The molecule has 1 aliphatic rings. The van der Waals surface area contributed by atoms with Crippen molar-refractivity contribution in [1.29, 1.82) is 0 Å². The van der Waals surface area contributed by atoms with E-state index in [1.807, 2.05) is 6.07 Å². The minimum Gasteiger partial charge on any atom is -0.115 e. The highest BCUT2D eigenvalue weighted by Crippen LogP contribution is 2.24. The number of aryl methyl sites for hydroxylation is 1. The van der Waals surface area contributed by atoms with Crippen molar-refractivity contribution in [2.75, 3.05) is 0 Å². The summed E-state index contributed by atoms with van der Waals surface area (Å²) in [7, 11) is 0. The lowest BCUT2D eigenvalue weighted by atomic mass is 9.91. The van der Waals surface area contributed by atoms with Crippen LogP contribution in [-0.4, -0.2) is 0 Å². The van der Waals surface area contributed by atoms with E-state index in [0.717, 1.165) is 18.4 Å². The number of rotatable bonds is 0. The minimum absolute atomic E-state index is 1.05. The Bertz CT molecular complexity index is 364. The van der Waals surface area contributed by atoms with Gasteiger partial charge in [0.1, 0.15) is 0 Å². The predicted octanol–water partition coefficient (Wildman–Crippen LogP) is 2.65. The highest BCUT2D eigenvalue weighted by molar-refractivity contribution is 5.81. The first-order chi connectivity index (χ1) is 5.92. The summed E-state index contributed by atoms with van der Waals surface area (Å²) >= 11 is 0. The van der Waals surface area contributed by atoms with Crippen molar-refractivity contribution >= 4 is 5.57 Å². The van der Waals surface area contributed by atoms with Gasteiger partial charge in [-0.3, -0.25) is 0 Å². The molecular weight excluding hydrogens is 144 g/mol. The van der Waals surface area contributed by atoms with E-state index in [9.17, 15) is 0 Å². The van der Waals surface area contributed by atoms with Gasteiger partial charge in [-0.15, -0.1) is 6.42 Å². The summed E-state index contributed by atoms with van der Waals surface area (Å²) < 4.78 is 0. The molecule has 58 valence electrons. The number of benzene rings is 1. The van der Waals surface area contributed by atoms with Gasteiger partial charge < -0.3 is 0 Å². The lowest BCUT2D eigenvalue weighted by Gasteiger charge is -2.12. The van der Waals surface area contributed by atoms with Gasteiger partial charge in [-0.2, -0.15) is 0 Å². The number of terminal acetylenes is 1. The van der Waals surface area contributed by atoms with Gasteiger partial charge in [-0.05, 0) is 24.0 Å². The molecule has 0 saturated carbocycles. The van der Waals surface area contributed by atoms with Crippen molar-refractivity contribution in [1.82, 2.24) is 0 Å². The Morgan fingerprint density at radius 3 is 2.92 bits per heavy atom. The molecule has 0 N–H and O–H groups in total. The maximum atomic E-state index is 5.40. The molecule has 0 fully saturated rings. The third-order valence-electron chi connectivity index (χ3n) is 2.23. The fraction of sp³-hybridized carbons (Fsp3) is 0.167. The second-order valence-corrected chi connectivity index (χ2v) is 2.96. The first kappa shape index (κ1) is 7.18. The van der Waals surface area contributed by atoms with Crippen LogP contribution in [0.1, 0.15) is 17.5 Å². The van der Waals surface area contributed by atoms with Crippen LogP contribution in [0.15, 0.2) is 30.3 Å². The first-order valence-electron chi connectivity index (χ1n) is 4.17. The van der Waals surface area contributed by atoms with Gasteiger partial charge in [-0.25, -0.2) is 0 Å². The van der Waals surface area contributed by atoms with E-state index in [2.05, 4.69) is 30.2 Å². The van der Waals surface area contributed by atoms with Crippen LogP contribution in [0.5, 0.6) is 0 Å². The zero-order valence-corrected chi connectivity index (χ0v) is 6.88. The lowest BCUT2D eigenvalue weighted by molar-refractivity contribution is 0.981. The molecule has 1 aromatic rings. The molecule has 1 aliphatic carbocycles. The zero-order valence-electron chi connectivity index (χ0n) is 6.88. The summed E-state index contributed by atoms with van der Waals surface area (Å²) in [6, 6.07) is 8.35. The van der Waals surface area contributed by atoms with E-state index in [1.54, 1.807) is 0 Å². The summed E-state index contributed by atoms with van der Waals surface area (Å²) in [6.07, 6.45) is 9.75. The maximum Gasteiger partial charge on any atom is 0.0278 e. The van der Waals surface area contributed by atoms with E-state index in [0.29, 0.717) is 0 Å². The van der Waals surface area contributed by atoms with Crippen molar-refractivity contribution in [2.45, 2.75) is 12.8 Å². The molecular formula is C12H10. The van der Waals surface area contributed by atoms with Crippen molar-refractivity contribution in [2.24, 2.45) is 0 Å². The van der Waals surface area contributed by atoms with Gasteiger partial charge in [0.15, 0.2) is 0 Å². The van der Waals surface area contributed by atoms with Crippen molar-refractivity contribution < 1.29 is 0 Å². The molecule has 0 aliphatic heterocycles. The Balaban J connectivity index is 2.57. The normalized spacial score (nSPS) is 14.4. The third kappa shape index (κ3) is 1.04. The monoisotopic (exact) mass is 154 g/mol. The molecule has 0 spiro atoms. The molecule has 0 unspecified atom stereocenters. The highest BCUT2D eigenvalue weighted by Gasteiger charge is 2.08. The number of hydrogen-bond acceptors (Lipinski definition) is 0. The fourth-order valence-corrected chi connectivity index (χ4v) is 1.62. The number of hydrogen-bond donors (Lipinski definition) is 0. The van der Waals surface area contributed by atoms with Crippen molar-refractivity contribution in [3.05, 3.63) is 41.5 Å². The van der Waals surface area contributed by atoms with Crippen molar-refractivity contribution in [3.63, 3.8) is 0 Å². The molecule has 0 heterocycles. The van der Waals surface area contributed by atoms with Gasteiger partial charge in [0.2, 0.25) is 0 Å². The molecule has 0 heteroatoms. The number of allylic oxidation sites excluding steroid dienone is 2. The summed E-state index contributed by atoms with van der Waals surface area (Å²) in [5, 5.41) is 0.